The zero-order valence-electron chi connectivity index (χ0n) is 5.83. The SMILES string of the molecule is O=[N+]([O-])Cc1cc(Cl)ncc1Br. The highest BCUT2D eigenvalue weighted by Crippen LogP contribution is 2.18. The minimum absolute atomic E-state index is 0.247. The monoisotopic (exact) mass is 250 g/mol. The predicted octanol–water partition coefficient (Wildman–Crippen LogP) is 2.27. The van der Waals surface area contributed by atoms with Gasteiger partial charge in [-0.1, -0.05) is 11.6 Å². The summed E-state index contributed by atoms with van der Waals surface area (Å²) in [6, 6.07) is 1.47. The first kappa shape index (κ1) is 9.41. The Morgan fingerprint density at radius 1 is 1.75 bits per heavy atom. The smallest absolute Gasteiger partial charge is 0.230 e. The highest BCUT2D eigenvalue weighted by atomic mass is 79.9. The number of rotatable bonds is 2. The lowest BCUT2D eigenvalue weighted by Crippen LogP contribution is -1.99. The molecule has 4 nitrogen and oxygen atoms in total. The first-order valence-corrected chi connectivity index (χ1v) is 4.18. The second-order valence-electron chi connectivity index (χ2n) is 2.09. The van der Waals surface area contributed by atoms with Crippen LogP contribution in [-0.4, -0.2) is 9.91 Å². The molecule has 0 aliphatic heterocycles. The van der Waals surface area contributed by atoms with Gasteiger partial charge < -0.3 is 0 Å². The molecule has 1 aromatic rings. The fourth-order valence-corrected chi connectivity index (χ4v) is 1.23. The lowest BCUT2D eigenvalue weighted by molar-refractivity contribution is -0.497. The van der Waals surface area contributed by atoms with Gasteiger partial charge in [0, 0.05) is 21.2 Å². The van der Waals surface area contributed by atoms with Crippen LogP contribution in [0.4, 0.5) is 0 Å². The average Bonchev–Trinajstić information content (AvgIpc) is 1.96. The van der Waals surface area contributed by atoms with Crippen molar-refractivity contribution in [2.75, 3.05) is 0 Å². The lowest BCUT2D eigenvalue weighted by Gasteiger charge is -1.98. The topological polar surface area (TPSA) is 56.0 Å². The van der Waals surface area contributed by atoms with Crippen molar-refractivity contribution < 1.29 is 4.92 Å². The Labute approximate surface area is 81.8 Å². The molecule has 0 saturated carbocycles. The Morgan fingerprint density at radius 2 is 2.42 bits per heavy atom. The molecule has 0 bridgehead atoms. The molecule has 1 rings (SSSR count). The second-order valence-corrected chi connectivity index (χ2v) is 3.33. The van der Waals surface area contributed by atoms with E-state index >= 15 is 0 Å². The third-order valence-corrected chi connectivity index (χ3v) is 2.12. The molecule has 1 aromatic heterocycles. The minimum atomic E-state index is -0.420. The van der Waals surface area contributed by atoms with Gasteiger partial charge in [-0.15, -0.1) is 0 Å². The zero-order chi connectivity index (χ0) is 9.14. The number of nitro groups is 1. The van der Waals surface area contributed by atoms with Crippen LogP contribution in [0.2, 0.25) is 5.15 Å². The van der Waals surface area contributed by atoms with Gasteiger partial charge in [-0.25, -0.2) is 4.98 Å². The van der Waals surface area contributed by atoms with Gasteiger partial charge in [0.25, 0.3) is 0 Å². The molecule has 0 N–H and O–H groups in total. The minimum Gasteiger partial charge on any atom is -0.264 e. The molecule has 0 aliphatic rings. The van der Waals surface area contributed by atoms with Crippen molar-refractivity contribution in [3.05, 3.63) is 37.6 Å². The van der Waals surface area contributed by atoms with Gasteiger partial charge in [-0.2, -0.15) is 0 Å². The Bertz CT molecular complexity index is 318. The Balaban J connectivity index is 2.97. The number of halogens is 2. The Hall–Kier alpha value is -0.680. The normalized spacial score (nSPS) is 9.83. The van der Waals surface area contributed by atoms with Crippen LogP contribution < -0.4 is 0 Å². The number of nitrogens with zero attached hydrogens (tertiary/aromatic N) is 2. The zero-order valence-corrected chi connectivity index (χ0v) is 8.17. The Kier molecular flexibility index (Phi) is 2.99. The highest BCUT2D eigenvalue weighted by Gasteiger charge is 2.07. The van der Waals surface area contributed by atoms with E-state index in [4.69, 9.17) is 11.6 Å². The van der Waals surface area contributed by atoms with Gasteiger partial charge >= 0.3 is 0 Å². The van der Waals surface area contributed by atoms with E-state index in [0.29, 0.717) is 10.0 Å². The van der Waals surface area contributed by atoms with Gasteiger partial charge in [0.15, 0.2) is 0 Å². The maximum absolute atomic E-state index is 10.2. The first-order valence-electron chi connectivity index (χ1n) is 3.01. The van der Waals surface area contributed by atoms with Gasteiger partial charge in [0.1, 0.15) is 5.15 Å². The van der Waals surface area contributed by atoms with Crippen molar-refractivity contribution in [2.45, 2.75) is 6.54 Å². The van der Waals surface area contributed by atoms with Crippen LogP contribution in [-0.2, 0) is 6.54 Å². The maximum atomic E-state index is 10.2. The third kappa shape index (κ3) is 2.42. The highest BCUT2D eigenvalue weighted by molar-refractivity contribution is 9.10. The van der Waals surface area contributed by atoms with E-state index in [1.165, 1.54) is 12.3 Å². The maximum Gasteiger partial charge on any atom is 0.230 e. The molecule has 0 amide bonds. The summed E-state index contributed by atoms with van der Waals surface area (Å²) in [5.74, 6) is 0. The van der Waals surface area contributed by atoms with Crippen LogP contribution in [0, 0.1) is 10.1 Å². The molecule has 0 unspecified atom stereocenters. The van der Waals surface area contributed by atoms with Crippen molar-refractivity contribution >= 4 is 27.5 Å². The van der Waals surface area contributed by atoms with Crippen LogP contribution in [0.5, 0.6) is 0 Å². The van der Waals surface area contributed by atoms with Crippen LogP contribution in [0.3, 0.4) is 0 Å². The summed E-state index contributed by atoms with van der Waals surface area (Å²) >= 11 is 8.68. The quantitative estimate of drug-likeness (QED) is 0.460. The number of hydrogen-bond acceptors (Lipinski definition) is 3. The van der Waals surface area contributed by atoms with Gasteiger partial charge in [0.05, 0.1) is 0 Å². The van der Waals surface area contributed by atoms with Crippen LogP contribution >= 0.6 is 27.5 Å². The molecule has 0 spiro atoms. The Morgan fingerprint density at radius 3 is 3.00 bits per heavy atom. The van der Waals surface area contributed by atoms with Gasteiger partial charge in [0.2, 0.25) is 6.54 Å². The van der Waals surface area contributed by atoms with Crippen LogP contribution in [0.15, 0.2) is 16.7 Å². The summed E-state index contributed by atoms with van der Waals surface area (Å²) in [5.41, 5.74) is 0.528. The molecule has 0 saturated heterocycles. The molecule has 0 radical (unpaired) electrons. The lowest BCUT2D eigenvalue weighted by atomic mass is 10.3. The van der Waals surface area contributed by atoms with Gasteiger partial charge in [-0.05, 0) is 22.0 Å². The molecule has 0 atom stereocenters. The molecular weight excluding hydrogens is 247 g/mol. The summed E-state index contributed by atoms with van der Waals surface area (Å²) in [6.07, 6.45) is 1.45. The molecule has 12 heavy (non-hydrogen) atoms. The van der Waals surface area contributed by atoms with E-state index in [1.54, 1.807) is 0 Å². The predicted molar refractivity (Wildman–Crippen MR) is 47.6 cm³/mol. The third-order valence-electron chi connectivity index (χ3n) is 1.20. The fourth-order valence-electron chi connectivity index (χ4n) is 0.711. The van der Waals surface area contributed by atoms with E-state index in [-0.39, 0.29) is 11.7 Å². The summed E-state index contributed by atoms with van der Waals surface area (Å²) < 4.78 is 0.601. The molecule has 0 aliphatic carbocycles. The number of pyridine rings is 1. The number of aromatic nitrogens is 1. The van der Waals surface area contributed by atoms with E-state index in [0.717, 1.165) is 0 Å². The van der Waals surface area contributed by atoms with E-state index in [2.05, 4.69) is 20.9 Å². The standard InChI is InChI=1S/C6H4BrClN2O2/c7-5-2-9-6(8)1-4(5)3-10(11)12/h1-2H,3H2. The van der Waals surface area contributed by atoms with Crippen molar-refractivity contribution in [1.29, 1.82) is 0 Å². The van der Waals surface area contributed by atoms with Crippen LogP contribution in [0.1, 0.15) is 5.56 Å². The molecule has 1 heterocycles. The van der Waals surface area contributed by atoms with Crippen molar-refractivity contribution in [3.63, 3.8) is 0 Å². The van der Waals surface area contributed by atoms with Crippen molar-refractivity contribution in [1.82, 2.24) is 4.98 Å². The molecular formula is C6H4BrClN2O2. The fraction of sp³-hybridized carbons (Fsp3) is 0.167. The summed E-state index contributed by atoms with van der Waals surface area (Å²) in [5, 5.41) is 10.4. The average molecular weight is 251 g/mol. The summed E-state index contributed by atoms with van der Waals surface area (Å²) in [6.45, 7) is -0.247. The molecule has 64 valence electrons. The van der Waals surface area contributed by atoms with Crippen LogP contribution in [0.25, 0.3) is 0 Å². The number of hydrogen-bond donors (Lipinski definition) is 0. The second kappa shape index (κ2) is 3.82. The van der Waals surface area contributed by atoms with Crippen molar-refractivity contribution in [3.8, 4) is 0 Å². The van der Waals surface area contributed by atoms with E-state index in [9.17, 15) is 10.1 Å². The molecule has 0 fully saturated rings. The van der Waals surface area contributed by atoms with Crippen molar-refractivity contribution in [2.24, 2.45) is 0 Å². The molecule has 6 heteroatoms. The summed E-state index contributed by atoms with van der Waals surface area (Å²) in [7, 11) is 0. The summed E-state index contributed by atoms with van der Waals surface area (Å²) in [4.78, 5) is 13.5. The largest absolute Gasteiger partial charge is 0.264 e. The van der Waals surface area contributed by atoms with E-state index in [1.807, 2.05) is 0 Å². The first-order chi connectivity index (χ1) is 5.59. The molecule has 0 aromatic carbocycles. The van der Waals surface area contributed by atoms with E-state index < -0.39 is 4.92 Å². The van der Waals surface area contributed by atoms with Gasteiger partial charge in [-0.3, -0.25) is 10.1 Å².